The molecule has 9 heteroatoms. The van der Waals surface area contributed by atoms with Crippen molar-refractivity contribution >= 4 is 56.6 Å². The number of nitrogens with zero attached hydrogens (tertiary/aromatic N) is 3. The maximum atomic E-state index is 13.1. The lowest BCUT2D eigenvalue weighted by atomic mass is 10.0. The number of hydrogen-bond acceptors (Lipinski definition) is 7. The lowest BCUT2D eigenvalue weighted by molar-refractivity contribution is -0.384. The van der Waals surface area contributed by atoms with Gasteiger partial charge in [-0.15, -0.1) is 11.3 Å². The Balaban J connectivity index is 1.55. The molecule has 4 aromatic rings. The summed E-state index contributed by atoms with van der Waals surface area (Å²) in [6.07, 6.45) is 3.54. The van der Waals surface area contributed by atoms with Crippen molar-refractivity contribution < 1.29 is 9.72 Å². The van der Waals surface area contributed by atoms with Gasteiger partial charge in [0.05, 0.1) is 14.9 Å². The Morgan fingerprint density at radius 1 is 1.21 bits per heavy atom. The number of carbonyl (C=O) groups excluding carboxylic acids is 1. The summed E-state index contributed by atoms with van der Waals surface area (Å²) in [6.45, 7) is 2.55. The molecule has 0 amide bonds. The fourth-order valence-electron chi connectivity index (χ4n) is 4.07. The summed E-state index contributed by atoms with van der Waals surface area (Å²) in [7, 11) is 0. The van der Waals surface area contributed by atoms with Gasteiger partial charge >= 0.3 is 0 Å². The Morgan fingerprint density at radius 2 is 1.97 bits per heavy atom. The zero-order valence-electron chi connectivity index (χ0n) is 17.5. The molecule has 1 aliphatic rings. The molecule has 5 rings (SSSR count). The molecule has 1 N–H and O–H groups in total. The number of allylic oxidation sites excluding steroid dienone is 1. The number of benzene rings is 2. The van der Waals surface area contributed by atoms with E-state index in [2.05, 4.69) is 9.55 Å². The Bertz CT molecular complexity index is 1440. The van der Waals surface area contributed by atoms with Gasteiger partial charge < -0.3 is 4.57 Å². The molecule has 33 heavy (non-hydrogen) atoms. The average Bonchev–Trinajstić information content (AvgIpc) is 3.49. The molecule has 1 fully saturated rings. The van der Waals surface area contributed by atoms with Crippen molar-refractivity contribution in [2.45, 2.75) is 19.4 Å². The molecule has 3 heterocycles. The van der Waals surface area contributed by atoms with Crippen molar-refractivity contribution in [2.75, 3.05) is 0 Å². The molecule has 1 saturated heterocycles. The zero-order valence-corrected chi connectivity index (χ0v) is 19.2. The summed E-state index contributed by atoms with van der Waals surface area (Å²) in [5.41, 5.74) is 3.95. The third kappa shape index (κ3) is 3.79. The number of Topliss-reactive ketones (excluding diaryl/α,β-unsaturated/α-hetero) is 1. The van der Waals surface area contributed by atoms with Gasteiger partial charge in [0.1, 0.15) is 10.9 Å². The smallest absolute Gasteiger partial charge is 0.269 e. The SMILES string of the molecule is Cc1c(/C=C2\SC(=N)[C@H](c3nccs3)C2=O)c2ccccc2n1Cc1ccc([N+](=O)[O-])cc1. The van der Waals surface area contributed by atoms with Crippen molar-refractivity contribution in [3.8, 4) is 0 Å². The van der Waals surface area contributed by atoms with Crippen LogP contribution in [0.1, 0.15) is 27.7 Å². The van der Waals surface area contributed by atoms with Crippen LogP contribution in [0.3, 0.4) is 0 Å². The van der Waals surface area contributed by atoms with Gasteiger partial charge in [-0.3, -0.25) is 20.3 Å². The molecule has 7 nitrogen and oxygen atoms in total. The van der Waals surface area contributed by atoms with Gasteiger partial charge in [0.15, 0.2) is 5.78 Å². The number of rotatable bonds is 5. The molecule has 2 aromatic carbocycles. The van der Waals surface area contributed by atoms with Crippen LogP contribution in [0, 0.1) is 22.4 Å². The predicted octanol–water partition coefficient (Wildman–Crippen LogP) is 5.78. The van der Waals surface area contributed by atoms with Gasteiger partial charge in [-0.05, 0) is 24.6 Å². The summed E-state index contributed by atoms with van der Waals surface area (Å²) in [6, 6.07) is 14.5. The van der Waals surface area contributed by atoms with Gasteiger partial charge in [0, 0.05) is 52.4 Å². The number of non-ortho nitro benzene ring substituents is 1. The molecule has 0 radical (unpaired) electrons. The number of thioether (sulfide) groups is 1. The van der Waals surface area contributed by atoms with Crippen LogP contribution in [0.15, 0.2) is 65.0 Å². The maximum Gasteiger partial charge on any atom is 0.269 e. The standard InChI is InChI=1S/C24H18N4O3S2/c1-14-18(12-20-22(29)21(23(25)33-20)24-26-10-11-32-24)17-4-2-3-5-19(17)27(14)13-15-6-8-16(9-7-15)28(30)31/h2-12,21,25H,13H2,1H3/b20-12-,25-23?/t21-/m1/s1. The lowest BCUT2D eigenvalue weighted by Crippen LogP contribution is -2.11. The second kappa shape index (κ2) is 8.42. The number of nitrogens with one attached hydrogen (secondary N) is 1. The van der Waals surface area contributed by atoms with Gasteiger partial charge in [0.25, 0.3) is 5.69 Å². The van der Waals surface area contributed by atoms with E-state index in [1.807, 2.05) is 42.6 Å². The monoisotopic (exact) mass is 474 g/mol. The highest BCUT2D eigenvalue weighted by atomic mass is 32.2. The van der Waals surface area contributed by atoms with Crippen LogP contribution >= 0.6 is 23.1 Å². The van der Waals surface area contributed by atoms with Crippen LogP contribution in [0.5, 0.6) is 0 Å². The first-order valence-corrected chi connectivity index (χ1v) is 11.9. The van der Waals surface area contributed by atoms with Crippen LogP contribution in [0.25, 0.3) is 17.0 Å². The number of ketones is 1. The molecular formula is C24H18N4O3S2. The maximum absolute atomic E-state index is 13.1. The van der Waals surface area contributed by atoms with E-state index in [1.165, 1.54) is 35.2 Å². The van der Waals surface area contributed by atoms with E-state index in [4.69, 9.17) is 5.41 Å². The number of nitro benzene ring substituents is 1. The average molecular weight is 475 g/mol. The quantitative estimate of drug-likeness (QED) is 0.224. The number of para-hydroxylation sites is 1. The number of carbonyl (C=O) groups is 1. The molecule has 164 valence electrons. The molecule has 0 unspecified atom stereocenters. The first kappa shape index (κ1) is 21.3. The molecule has 2 aromatic heterocycles. The summed E-state index contributed by atoms with van der Waals surface area (Å²) >= 11 is 2.59. The zero-order chi connectivity index (χ0) is 23.1. The summed E-state index contributed by atoms with van der Waals surface area (Å²) < 4.78 is 2.15. The minimum atomic E-state index is -0.616. The summed E-state index contributed by atoms with van der Waals surface area (Å²) in [4.78, 5) is 28.5. The van der Waals surface area contributed by atoms with Crippen LogP contribution in [-0.4, -0.2) is 25.3 Å². The van der Waals surface area contributed by atoms with Crippen molar-refractivity contribution in [1.29, 1.82) is 5.41 Å². The van der Waals surface area contributed by atoms with Gasteiger partial charge in [0.2, 0.25) is 0 Å². The van der Waals surface area contributed by atoms with Gasteiger partial charge in [-0.25, -0.2) is 4.98 Å². The van der Waals surface area contributed by atoms with Crippen molar-refractivity contribution in [3.05, 3.63) is 97.0 Å². The molecular weight excluding hydrogens is 456 g/mol. The van der Waals surface area contributed by atoms with E-state index in [0.29, 0.717) is 21.5 Å². The third-order valence-corrected chi connectivity index (χ3v) is 7.56. The number of hydrogen-bond donors (Lipinski definition) is 1. The van der Waals surface area contributed by atoms with E-state index < -0.39 is 10.8 Å². The van der Waals surface area contributed by atoms with E-state index in [0.717, 1.165) is 27.7 Å². The van der Waals surface area contributed by atoms with Crippen molar-refractivity contribution in [2.24, 2.45) is 0 Å². The Hall–Kier alpha value is -3.56. The first-order valence-electron chi connectivity index (χ1n) is 10.2. The normalized spacial score (nSPS) is 17.4. The first-order chi connectivity index (χ1) is 15.9. The van der Waals surface area contributed by atoms with Crippen LogP contribution in [0.4, 0.5) is 5.69 Å². The molecule has 0 spiro atoms. The number of aromatic nitrogens is 2. The molecule has 0 aliphatic carbocycles. The van der Waals surface area contributed by atoms with E-state index >= 15 is 0 Å². The summed E-state index contributed by atoms with van der Waals surface area (Å²) in [5.74, 6) is -0.707. The fraction of sp³-hybridized carbons (Fsp3) is 0.125. The third-order valence-electron chi connectivity index (χ3n) is 5.73. The van der Waals surface area contributed by atoms with Crippen molar-refractivity contribution in [3.63, 3.8) is 0 Å². The molecule has 0 bridgehead atoms. The predicted molar refractivity (Wildman–Crippen MR) is 132 cm³/mol. The highest BCUT2D eigenvalue weighted by molar-refractivity contribution is 8.19. The Morgan fingerprint density at radius 3 is 2.67 bits per heavy atom. The second-order valence-electron chi connectivity index (χ2n) is 7.67. The van der Waals surface area contributed by atoms with Crippen LogP contribution < -0.4 is 0 Å². The largest absolute Gasteiger partial charge is 0.340 e. The van der Waals surface area contributed by atoms with E-state index in [-0.39, 0.29) is 11.5 Å². The topological polar surface area (TPSA) is 102 Å². The molecule has 1 atom stereocenters. The lowest BCUT2D eigenvalue weighted by Gasteiger charge is -2.09. The number of thiazole rings is 1. The molecule has 1 aliphatic heterocycles. The highest BCUT2D eigenvalue weighted by Crippen LogP contribution is 2.42. The minimum absolute atomic E-state index is 0.0623. The number of nitro groups is 1. The van der Waals surface area contributed by atoms with E-state index in [1.54, 1.807) is 18.3 Å². The minimum Gasteiger partial charge on any atom is -0.340 e. The Kier molecular flexibility index (Phi) is 5.43. The number of fused-ring (bicyclic) bond motifs is 1. The second-order valence-corrected chi connectivity index (χ2v) is 9.68. The van der Waals surface area contributed by atoms with Gasteiger partial charge in [-0.2, -0.15) is 0 Å². The summed E-state index contributed by atoms with van der Waals surface area (Å²) in [5, 5.41) is 23.1. The van der Waals surface area contributed by atoms with Crippen LogP contribution in [-0.2, 0) is 11.3 Å². The van der Waals surface area contributed by atoms with Crippen LogP contribution in [0.2, 0.25) is 0 Å². The van der Waals surface area contributed by atoms with Crippen molar-refractivity contribution in [1.82, 2.24) is 9.55 Å². The van der Waals surface area contributed by atoms with E-state index in [9.17, 15) is 14.9 Å². The molecule has 0 saturated carbocycles. The Labute approximate surface area is 197 Å². The van der Waals surface area contributed by atoms with Gasteiger partial charge in [-0.1, -0.05) is 42.1 Å². The fourth-order valence-corrected chi connectivity index (χ4v) is 5.86. The highest BCUT2D eigenvalue weighted by Gasteiger charge is 2.38.